The summed E-state index contributed by atoms with van der Waals surface area (Å²) in [5.41, 5.74) is 1.11. The Morgan fingerprint density at radius 1 is 1.32 bits per heavy atom. The normalized spacial score (nSPS) is 20.3. The van der Waals surface area contributed by atoms with Crippen LogP contribution >= 0.6 is 0 Å². The Morgan fingerprint density at radius 2 is 2.09 bits per heavy atom. The summed E-state index contributed by atoms with van der Waals surface area (Å²) in [5, 5.41) is 2.11. The summed E-state index contributed by atoms with van der Waals surface area (Å²) in [6.45, 7) is 5.61. The topological polar surface area (TPSA) is 69.2 Å². The summed E-state index contributed by atoms with van der Waals surface area (Å²) >= 11 is 0. The lowest BCUT2D eigenvalue weighted by Crippen LogP contribution is -2.89. The van der Waals surface area contributed by atoms with Crippen LogP contribution in [0.15, 0.2) is 18.2 Å². The lowest BCUT2D eigenvalue weighted by atomic mass is 10.1. The number of hydrogen-bond donors (Lipinski definition) is 1. The number of quaternary nitrogens is 1. The van der Waals surface area contributed by atoms with E-state index in [4.69, 9.17) is 9.47 Å². The summed E-state index contributed by atoms with van der Waals surface area (Å²) in [6.07, 6.45) is 0.745. The Labute approximate surface area is 132 Å². The second-order valence-electron chi connectivity index (χ2n) is 6.29. The van der Waals surface area contributed by atoms with Crippen LogP contribution in [0.3, 0.4) is 0 Å². The first-order valence-electron chi connectivity index (χ1n) is 7.73. The van der Waals surface area contributed by atoms with Crippen LogP contribution in [0, 0.1) is 5.92 Å². The third-order valence-corrected chi connectivity index (χ3v) is 5.55. The van der Waals surface area contributed by atoms with Crippen molar-refractivity contribution in [3.63, 3.8) is 0 Å². The number of nitrogens with two attached hydrogens (primary N) is 1. The van der Waals surface area contributed by atoms with Gasteiger partial charge in [-0.15, -0.1) is 0 Å². The first-order valence-corrected chi connectivity index (χ1v) is 9.55. The molecular formula is C16H26NO4S+. The van der Waals surface area contributed by atoms with Crippen LogP contribution in [0.2, 0.25) is 0 Å². The molecule has 5 nitrogen and oxygen atoms in total. The molecule has 1 saturated heterocycles. The molecule has 6 heteroatoms. The first-order chi connectivity index (χ1) is 10.4. The highest BCUT2D eigenvalue weighted by Gasteiger charge is 2.30. The van der Waals surface area contributed by atoms with Crippen LogP contribution in [0.5, 0.6) is 11.5 Å². The van der Waals surface area contributed by atoms with E-state index in [2.05, 4.69) is 19.2 Å². The van der Waals surface area contributed by atoms with Crippen molar-refractivity contribution in [1.82, 2.24) is 0 Å². The summed E-state index contributed by atoms with van der Waals surface area (Å²) in [7, 11) is -1.18. The van der Waals surface area contributed by atoms with Gasteiger partial charge < -0.3 is 14.8 Å². The van der Waals surface area contributed by atoms with E-state index in [0.717, 1.165) is 30.0 Å². The van der Waals surface area contributed by atoms with E-state index in [1.807, 2.05) is 18.2 Å². The predicted molar refractivity (Wildman–Crippen MR) is 86.0 cm³/mol. The van der Waals surface area contributed by atoms with E-state index in [0.29, 0.717) is 24.0 Å². The molecule has 0 saturated carbocycles. The number of hydrogen-bond acceptors (Lipinski definition) is 4. The van der Waals surface area contributed by atoms with Crippen molar-refractivity contribution in [2.45, 2.75) is 32.9 Å². The molecular weight excluding hydrogens is 302 g/mol. The van der Waals surface area contributed by atoms with Gasteiger partial charge in [0.25, 0.3) is 0 Å². The molecule has 1 aromatic carbocycles. The molecule has 0 amide bonds. The van der Waals surface area contributed by atoms with E-state index in [1.54, 1.807) is 7.11 Å². The zero-order valence-corrected chi connectivity index (χ0v) is 14.4. The highest BCUT2D eigenvalue weighted by molar-refractivity contribution is 7.91. The molecule has 1 aromatic rings. The van der Waals surface area contributed by atoms with Gasteiger partial charge in [0.15, 0.2) is 21.3 Å². The Hall–Kier alpha value is -1.27. The van der Waals surface area contributed by atoms with Gasteiger partial charge in [-0.2, -0.15) is 0 Å². The Bertz CT molecular complexity index is 598. The van der Waals surface area contributed by atoms with Crippen LogP contribution < -0.4 is 14.8 Å². The molecule has 22 heavy (non-hydrogen) atoms. The third kappa shape index (κ3) is 4.88. The number of rotatable bonds is 7. The summed E-state index contributed by atoms with van der Waals surface area (Å²) in [5.74, 6) is 2.55. The Kier molecular flexibility index (Phi) is 5.69. The molecule has 0 aliphatic carbocycles. The van der Waals surface area contributed by atoms with Crippen LogP contribution in [0.1, 0.15) is 25.8 Å². The standard InChI is InChI=1S/C16H25NO4S/c1-12(2)10-21-15-5-4-13(8-16(15)20-3)9-17-14-6-7-22(18,19)11-14/h4-5,8,12,14,17H,6-7,9-11H2,1-3H3/p+1/t14-/m0/s1. The van der Waals surface area contributed by atoms with Gasteiger partial charge in [-0.1, -0.05) is 13.8 Å². The summed E-state index contributed by atoms with van der Waals surface area (Å²) in [4.78, 5) is 0. The van der Waals surface area contributed by atoms with Gasteiger partial charge in [0.1, 0.15) is 18.3 Å². The lowest BCUT2D eigenvalue weighted by Gasteiger charge is -2.14. The van der Waals surface area contributed by atoms with E-state index in [-0.39, 0.29) is 6.04 Å². The highest BCUT2D eigenvalue weighted by atomic mass is 32.2. The van der Waals surface area contributed by atoms with Crippen LogP contribution in [0.4, 0.5) is 0 Å². The maximum Gasteiger partial charge on any atom is 0.161 e. The summed E-state index contributed by atoms with van der Waals surface area (Å²) < 4.78 is 34.1. The van der Waals surface area contributed by atoms with Gasteiger partial charge in [-0.3, -0.25) is 0 Å². The van der Waals surface area contributed by atoms with Gasteiger partial charge in [0, 0.05) is 12.0 Å². The molecule has 0 unspecified atom stereocenters. The average Bonchev–Trinajstić information content (AvgIpc) is 2.82. The Morgan fingerprint density at radius 3 is 2.68 bits per heavy atom. The minimum absolute atomic E-state index is 0.174. The van der Waals surface area contributed by atoms with E-state index in [9.17, 15) is 8.42 Å². The van der Waals surface area contributed by atoms with Crippen molar-refractivity contribution in [2.75, 3.05) is 25.2 Å². The van der Waals surface area contributed by atoms with Gasteiger partial charge in [0.05, 0.1) is 19.5 Å². The van der Waals surface area contributed by atoms with Crippen LogP contribution in [-0.4, -0.2) is 39.7 Å². The minimum Gasteiger partial charge on any atom is -0.493 e. The number of methoxy groups -OCH3 is 1. The molecule has 0 aromatic heterocycles. The molecule has 0 spiro atoms. The van der Waals surface area contributed by atoms with E-state index in [1.165, 1.54) is 0 Å². The second kappa shape index (κ2) is 7.33. The lowest BCUT2D eigenvalue weighted by molar-refractivity contribution is -0.699. The van der Waals surface area contributed by atoms with Crippen molar-refractivity contribution in [3.8, 4) is 11.5 Å². The fraction of sp³-hybridized carbons (Fsp3) is 0.625. The first kappa shape index (κ1) is 17.1. The number of ether oxygens (including phenoxy) is 2. The molecule has 1 aliphatic heterocycles. The number of benzene rings is 1. The van der Waals surface area contributed by atoms with Crippen LogP contribution in [0.25, 0.3) is 0 Å². The van der Waals surface area contributed by atoms with E-state index < -0.39 is 9.84 Å². The van der Waals surface area contributed by atoms with Crippen molar-refractivity contribution >= 4 is 9.84 Å². The molecule has 124 valence electrons. The average molecular weight is 328 g/mol. The molecule has 1 aliphatic rings. The molecule has 2 N–H and O–H groups in total. The van der Waals surface area contributed by atoms with Gasteiger partial charge >= 0.3 is 0 Å². The molecule has 1 heterocycles. The van der Waals surface area contributed by atoms with E-state index >= 15 is 0 Å². The maximum atomic E-state index is 11.5. The van der Waals surface area contributed by atoms with Crippen molar-refractivity contribution in [3.05, 3.63) is 23.8 Å². The third-order valence-electron chi connectivity index (χ3n) is 3.75. The smallest absolute Gasteiger partial charge is 0.161 e. The predicted octanol–water partition coefficient (Wildman–Crippen LogP) is 0.981. The van der Waals surface area contributed by atoms with Crippen molar-refractivity contribution in [2.24, 2.45) is 5.92 Å². The van der Waals surface area contributed by atoms with Gasteiger partial charge in [-0.25, -0.2) is 8.42 Å². The van der Waals surface area contributed by atoms with Crippen LogP contribution in [-0.2, 0) is 16.4 Å². The Balaban J connectivity index is 1.94. The zero-order chi connectivity index (χ0) is 16.2. The molecule has 1 fully saturated rings. The fourth-order valence-corrected chi connectivity index (χ4v) is 4.31. The molecule has 0 bridgehead atoms. The van der Waals surface area contributed by atoms with Gasteiger partial charge in [-0.05, 0) is 24.1 Å². The number of sulfone groups is 1. The molecule has 1 atom stereocenters. The second-order valence-corrected chi connectivity index (χ2v) is 8.52. The monoisotopic (exact) mass is 328 g/mol. The molecule has 0 radical (unpaired) electrons. The SMILES string of the molecule is COc1cc(C[NH2+][C@H]2CCS(=O)(=O)C2)ccc1OCC(C)C. The fourth-order valence-electron chi connectivity index (χ4n) is 2.53. The largest absolute Gasteiger partial charge is 0.493 e. The van der Waals surface area contributed by atoms with Gasteiger partial charge in [0.2, 0.25) is 0 Å². The van der Waals surface area contributed by atoms with Crippen molar-refractivity contribution < 1.29 is 23.2 Å². The molecule has 2 rings (SSSR count). The summed E-state index contributed by atoms with van der Waals surface area (Å²) in [6, 6.07) is 6.08. The zero-order valence-electron chi connectivity index (χ0n) is 13.5. The highest BCUT2D eigenvalue weighted by Crippen LogP contribution is 2.28. The quantitative estimate of drug-likeness (QED) is 0.810. The maximum absolute atomic E-state index is 11.5. The van der Waals surface area contributed by atoms with Crippen molar-refractivity contribution in [1.29, 1.82) is 0 Å². The minimum atomic E-state index is -2.81.